The van der Waals surface area contributed by atoms with Crippen LogP contribution in [0.2, 0.25) is 5.02 Å². The number of piperazine rings is 1. The van der Waals surface area contributed by atoms with Gasteiger partial charge in [-0.2, -0.15) is 15.2 Å². The second-order valence-electron chi connectivity index (χ2n) is 13.2. The summed E-state index contributed by atoms with van der Waals surface area (Å²) in [6, 6.07) is 14.2. The fourth-order valence-corrected chi connectivity index (χ4v) is 7.97. The third kappa shape index (κ3) is 6.10. The lowest BCUT2D eigenvalue weighted by Gasteiger charge is -2.45. The second-order valence-corrected chi connectivity index (χ2v) is 13.6. The normalized spacial score (nSPS) is 24.3. The lowest BCUT2D eigenvalue weighted by atomic mass is 9.63. The molecule has 9 nitrogen and oxygen atoms in total. The lowest BCUT2D eigenvalue weighted by Crippen LogP contribution is -2.56. The Morgan fingerprint density at radius 2 is 1.93 bits per heavy atom. The molecule has 1 saturated carbocycles. The number of fused-ring (bicyclic) bond motifs is 2. The molecule has 0 unspecified atom stereocenters. The predicted octanol–water partition coefficient (Wildman–Crippen LogP) is 6.09. The van der Waals surface area contributed by atoms with Crippen LogP contribution < -0.4 is 14.5 Å². The molecule has 0 bridgehead atoms. The second kappa shape index (κ2) is 13.0. The molecule has 0 radical (unpaired) electrons. The number of hydrogen-bond donors (Lipinski definition) is 0. The van der Waals surface area contributed by atoms with Gasteiger partial charge in [0.2, 0.25) is 0 Å². The summed E-state index contributed by atoms with van der Waals surface area (Å²) in [6.07, 6.45) is 2.76. The minimum absolute atomic E-state index is 0.0654. The number of methoxy groups -OCH3 is 1. The van der Waals surface area contributed by atoms with Crippen LogP contribution >= 0.6 is 11.6 Å². The molecule has 2 fully saturated rings. The number of nitrogens with zero attached hydrogens (tertiary/aromatic N) is 6. The number of ether oxygens (including phenoxy) is 2. The van der Waals surface area contributed by atoms with Gasteiger partial charge in [0.25, 0.3) is 5.91 Å². The molecule has 11 heteroatoms. The average molecular weight is 647 g/mol. The maximum absolute atomic E-state index is 13.9. The van der Waals surface area contributed by atoms with Crippen molar-refractivity contribution in [1.29, 1.82) is 5.26 Å². The van der Waals surface area contributed by atoms with Crippen molar-refractivity contribution in [2.75, 3.05) is 49.8 Å². The van der Waals surface area contributed by atoms with E-state index in [-0.39, 0.29) is 24.4 Å². The molecule has 2 aromatic carbocycles. The highest BCUT2D eigenvalue weighted by Crippen LogP contribution is 2.46. The molecule has 3 heterocycles. The summed E-state index contributed by atoms with van der Waals surface area (Å²) in [7, 11) is 1.72. The first-order valence-corrected chi connectivity index (χ1v) is 16.2. The maximum atomic E-state index is 13.9. The highest BCUT2D eigenvalue weighted by molar-refractivity contribution is 6.36. The molecule has 0 spiro atoms. The van der Waals surface area contributed by atoms with Crippen LogP contribution in [0.5, 0.6) is 6.01 Å². The summed E-state index contributed by atoms with van der Waals surface area (Å²) in [4.78, 5) is 28.4. The third-order valence-corrected chi connectivity index (χ3v) is 9.98. The number of carbonyl (C=O) groups excluding carboxylic acids is 1. The van der Waals surface area contributed by atoms with Gasteiger partial charge in [-0.1, -0.05) is 49.4 Å². The summed E-state index contributed by atoms with van der Waals surface area (Å²) in [5, 5.41) is 12.3. The molecule has 1 aromatic heterocycles. The number of carbonyl (C=O) groups is 1. The van der Waals surface area contributed by atoms with Crippen LogP contribution in [-0.2, 0) is 22.5 Å². The van der Waals surface area contributed by atoms with Crippen molar-refractivity contribution in [2.45, 2.75) is 58.2 Å². The number of hydrogen-bond acceptors (Lipinski definition) is 8. The molecule has 46 heavy (non-hydrogen) atoms. The highest BCUT2D eigenvalue weighted by atomic mass is 35.5. The van der Waals surface area contributed by atoms with Gasteiger partial charge in [-0.25, -0.2) is 4.39 Å². The summed E-state index contributed by atoms with van der Waals surface area (Å²) >= 11 is 6.74. The number of halogens is 2. The maximum Gasteiger partial charge on any atom is 0.318 e. The fraction of sp³-hybridized carbons (Fsp3) is 0.486. The molecule has 2 atom stereocenters. The first kappa shape index (κ1) is 32.0. The van der Waals surface area contributed by atoms with E-state index in [1.807, 2.05) is 18.2 Å². The van der Waals surface area contributed by atoms with Gasteiger partial charge in [0, 0.05) is 54.8 Å². The molecule has 2 aliphatic heterocycles. The quantitative estimate of drug-likeness (QED) is 0.258. The molecule has 6 rings (SSSR count). The van der Waals surface area contributed by atoms with E-state index >= 15 is 0 Å². The van der Waals surface area contributed by atoms with E-state index in [0.29, 0.717) is 56.2 Å². The van der Waals surface area contributed by atoms with Crippen molar-refractivity contribution in [3.63, 3.8) is 0 Å². The zero-order chi connectivity index (χ0) is 32.6. The first-order valence-electron chi connectivity index (χ1n) is 15.9. The Morgan fingerprint density at radius 3 is 2.63 bits per heavy atom. The molecule has 1 aliphatic carbocycles. The third-order valence-electron chi connectivity index (χ3n) is 9.67. The van der Waals surface area contributed by atoms with Gasteiger partial charge in [0.15, 0.2) is 5.83 Å². The van der Waals surface area contributed by atoms with Crippen LogP contribution in [0.15, 0.2) is 48.8 Å². The van der Waals surface area contributed by atoms with Gasteiger partial charge in [-0.3, -0.25) is 4.79 Å². The summed E-state index contributed by atoms with van der Waals surface area (Å²) < 4.78 is 25.8. The van der Waals surface area contributed by atoms with Crippen LogP contribution in [0.25, 0.3) is 10.8 Å². The molecule has 242 valence electrons. The van der Waals surface area contributed by atoms with Crippen molar-refractivity contribution in [3.8, 4) is 12.1 Å². The number of rotatable bonds is 9. The minimum atomic E-state index is -1.02. The molecular formula is C35H40ClFN6O3. The minimum Gasteiger partial charge on any atom is -0.463 e. The molecular weight excluding hydrogens is 607 g/mol. The Balaban J connectivity index is 1.37. The Kier molecular flexibility index (Phi) is 9.08. The van der Waals surface area contributed by atoms with Crippen molar-refractivity contribution in [3.05, 3.63) is 65.1 Å². The monoisotopic (exact) mass is 646 g/mol. The van der Waals surface area contributed by atoms with Gasteiger partial charge in [0.05, 0.1) is 49.0 Å². The SMILES string of the molecule is C=C(F)C(=O)N1CCN(c2nc(OCC3(COC)CC(C)C3)nc3c2C[C@H](C)N(c2cccc4cccc(Cl)c24)C3)C[C@@H]1CC#N. The summed E-state index contributed by atoms with van der Waals surface area (Å²) in [5.41, 5.74) is 2.83. The number of amides is 1. The van der Waals surface area contributed by atoms with E-state index in [9.17, 15) is 14.4 Å². The standard InChI is InChI=1S/C35H40ClFN6O3/c1-22-16-35(17-22,20-45-4)21-46-34-39-29-19-43(30-10-6-8-25-7-5-9-28(36)31(25)30)23(2)15-27(29)32(40-34)41-13-14-42(33(44)24(3)37)26(18-41)11-12-38/h5-10,22-23,26H,3,11,13-21H2,1-2,4H3/t22?,23-,26-,35?/m0/s1. The first-order chi connectivity index (χ1) is 22.1. The Labute approximate surface area is 274 Å². The zero-order valence-corrected chi connectivity index (χ0v) is 27.4. The number of anilines is 2. The Morgan fingerprint density at radius 1 is 1.17 bits per heavy atom. The van der Waals surface area contributed by atoms with Crippen LogP contribution in [0.1, 0.15) is 44.4 Å². The lowest BCUT2D eigenvalue weighted by molar-refractivity contribution is -0.131. The van der Waals surface area contributed by atoms with E-state index in [4.69, 9.17) is 31.0 Å². The summed E-state index contributed by atoms with van der Waals surface area (Å²) in [5.74, 6) is -0.453. The molecule has 1 amide bonds. The highest BCUT2D eigenvalue weighted by Gasteiger charge is 2.43. The van der Waals surface area contributed by atoms with Crippen molar-refractivity contribution < 1.29 is 18.7 Å². The van der Waals surface area contributed by atoms with Crippen LogP contribution in [0.4, 0.5) is 15.9 Å². The van der Waals surface area contributed by atoms with Crippen molar-refractivity contribution in [2.24, 2.45) is 11.3 Å². The number of benzene rings is 2. The van der Waals surface area contributed by atoms with Gasteiger partial charge < -0.3 is 24.2 Å². The Bertz CT molecular complexity index is 1680. The molecule has 0 N–H and O–H groups in total. The number of aromatic nitrogens is 2. The van der Waals surface area contributed by atoms with Crippen LogP contribution in [0, 0.1) is 22.7 Å². The largest absolute Gasteiger partial charge is 0.463 e. The molecule has 3 aliphatic rings. The van der Waals surface area contributed by atoms with Crippen LogP contribution in [0.3, 0.4) is 0 Å². The van der Waals surface area contributed by atoms with Gasteiger partial charge in [0.1, 0.15) is 5.82 Å². The molecule has 1 saturated heterocycles. The van der Waals surface area contributed by atoms with Gasteiger partial charge in [-0.15, -0.1) is 0 Å². The van der Waals surface area contributed by atoms with E-state index < -0.39 is 17.8 Å². The predicted molar refractivity (Wildman–Crippen MR) is 177 cm³/mol. The summed E-state index contributed by atoms with van der Waals surface area (Å²) in [6.45, 7) is 10.2. The average Bonchev–Trinajstić information content (AvgIpc) is 3.02. The fourth-order valence-electron chi connectivity index (χ4n) is 7.69. The van der Waals surface area contributed by atoms with Crippen molar-refractivity contribution in [1.82, 2.24) is 14.9 Å². The topological polar surface area (TPSA) is 94.8 Å². The Hall–Kier alpha value is -3.94. The number of nitriles is 1. The molecule has 3 aromatic rings. The smallest absolute Gasteiger partial charge is 0.318 e. The van der Waals surface area contributed by atoms with E-state index in [1.54, 1.807) is 7.11 Å². The van der Waals surface area contributed by atoms with Crippen LogP contribution in [-0.4, -0.2) is 72.8 Å². The zero-order valence-electron chi connectivity index (χ0n) is 26.6. The van der Waals surface area contributed by atoms with Crippen molar-refractivity contribution >= 4 is 39.8 Å². The van der Waals surface area contributed by atoms with E-state index in [0.717, 1.165) is 46.4 Å². The van der Waals surface area contributed by atoms with E-state index in [1.165, 1.54) is 4.90 Å². The van der Waals surface area contributed by atoms with E-state index in [2.05, 4.69) is 54.5 Å². The van der Waals surface area contributed by atoms with Gasteiger partial charge >= 0.3 is 6.01 Å². The van der Waals surface area contributed by atoms with Gasteiger partial charge in [-0.05, 0) is 49.6 Å².